The molecule has 28 heavy (non-hydrogen) atoms. The second-order valence-corrected chi connectivity index (χ2v) is 5.76. The number of benzene rings is 2. The zero-order valence-electron chi connectivity index (χ0n) is 15.8. The van der Waals surface area contributed by atoms with Gasteiger partial charge < -0.3 is 29.1 Å². The van der Waals surface area contributed by atoms with Crippen molar-refractivity contribution in [2.24, 2.45) is 5.16 Å². The molecule has 1 aliphatic rings. The molecule has 8 heteroatoms. The van der Waals surface area contributed by atoms with Crippen LogP contribution in [0.2, 0.25) is 0 Å². The predicted octanol–water partition coefficient (Wildman–Crippen LogP) is 2.85. The average molecular weight is 386 g/mol. The Labute approximate surface area is 163 Å². The van der Waals surface area contributed by atoms with Crippen molar-refractivity contribution in [3.05, 3.63) is 42.0 Å². The van der Waals surface area contributed by atoms with Crippen LogP contribution in [0.25, 0.3) is 0 Å². The Morgan fingerprint density at radius 3 is 2.75 bits per heavy atom. The fourth-order valence-electron chi connectivity index (χ4n) is 2.55. The van der Waals surface area contributed by atoms with Gasteiger partial charge in [0.05, 0.1) is 19.9 Å². The largest absolute Gasteiger partial charge is 0.493 e. The summed E-state index contributed by atoms with van der Waals surface area (Å²) in [6.45, 7) is 3.23. The van der Waals surface area contributed by atoms with E-state index in [9.17, 15) is 4.79 Å². The zero-order valence-corrected chi connectivity index (χ0v) is 15.8. The monoisotopic (exact) mass is 386 g/mol. The fourth-order valence-corrected chi connectivity index (χ4v) is 2.55. The van der Waals surface area contributed by atoms with Crippen molar-refractivity contribution in [3.8, 4) is 23.0 Å². The number of oxime groups is 1. The van der Waals surface area contributed by atoms with Gasteiger partial charge in [0.1, 0.15) is 13.2 Å². The molecule has 8 nitrogen and oxygen atoms in total. The second-order valence-electron chi connectivity index (χ2n) is 5.76. The molecule has 0 unspecified atom stereocenters. The molecule has 0 bridgehead atoms. The van der Waals surface area contributed by atoms with Crippen LogP contribution in [-0.4, -0.2) is 45.7 Å². The second kappa shape index (κ2) is 9.50. The summed E-state index contributed by atoms with van der Waals surface area (Å²) in [5.74, 6) is 2.19. The van der Waals surface area contributed by atoms with Crippen LogP contribution >= 0.6 is 0 Å². The topological polar surface area (TPSA) is 87.6 Å². The Bertz CT molecular complexity index is 853. The van der Waals surface area contributed by atoms with Gasteiger partial charge in [-0.15, -0.1) is 0 Å². The number of hydrogen-bond donors (Lipinski definition) is 1. The first-order chi connectivity index (χ1) is 13.7. The summed E-state index contributed by atoms with van der Waals surface area (Å²) in [4.78, 5) is 17.1. The summed E-state index contributed by atoms with van der Waals surface area (Å²) in [6, 6.07) is 10.6. The molecule has 148 valence electrons. The number of nitrogens with zero attached hydrogens (tertiary/aromatic N) is 1. The third-order valence-electron chi connectivity index (χ3n) is 3.79. The van der Waals surface area contributed by atoms with Crippen molar-refractivity contribution in [1.82, 2.24) is 0 Å². The van der Waals surface area contributed by atoms with E-state index in [-0.39, 0.29) is 12.5 Å². The first-order valence-electron chi connectivity index (χ1n) is 8.85. The van der Waals surface area contributed by atoms with Gasteiger partial charge in [-0.1, -0.05) is 5.16 Å². The van der Waals surface area contributed by atoms with Crippen LogP contribution in [0.15, 0.2) is 41.6 Å². The van der Waals surface area contributed by atoms with Crippen LogP contribution in [0.5, 0.6) is 23.0 Å². The first-order valence-corrected chi connectivity index (χ1v) is 8.85. The van der Waals surface area contributed by atoms with Gasteiger partial charge in [0.2, 0.25) is 0 Å². The van der Waals surface area contributed by atoms with Crippen molar-refractivity contribution in [1.29, 1.82) is 0 Å². The number of rotatable bonds is 8. The molecule has 2 aromatic carbocycles. The lowest BCUT2D eigenvalue weighted by molar-refractivity contribution is -0.120. The normalized spacial score (nSPS) is 12.5. The number of hydrogen-bond acceptors (Lipinski definition) is 7. The first kappa shape index (κ1) is 19.3. The van der Waals surface area contributed by atoms with E-state index in [0.717, 1.165) is 5.56 Å². The van der Waals surface area contributed by atoms with E-state index in [2.05, 4.69) is 10.5 Å². The number of amides is 1. The van der Waals surface area contributed by atoms with E-state index in [1.807, 2.05) is 13.0 Å². The van der Waals surface area contributed by atoms with E-state index in [1.165, 1.54) is 6.21 Å². The number of ether oxygens (including phenoxy) is 4. The number of carbonyl (C=O) groups is 1. The van der Waals surface area contributed by atoms with Crippen molar-refractivity contribution in [2.75, 3.05) is 38.9 Å². The number of fused-ring (bicyclic) bond motifs is 1. The lowest BCUT2D eigenvalue weighted by Gasteiger charge is -2.18. The van der Waals surface area contributed by atoms with Gasteiger partial charge in [0, 0.05) is 17.3 Å². The summed E-state index contributed by atoms with van der Waals surface area (Å²) >= 11 is 0. The maximum atomic E-state index is 12.0. The molecule has 1 amide bonds. The number of nitrogens with one attached hydrogen (secondary N) is 1. The van der Waals surface area contributed by atoms with Gasteiger partial charge in [-0.25, -0.2) is 0 Å². The van der Waals surface area contributed by atoms with E-state index in [4.69, 9.17) is 23.8 Å². The third-order valence-corrected chi connectivity index (χ3v) is 3.79. The molecule has 0 aromatic heterocycles. The number of anilines is 1. The van der Waals surface area contributed by atoms with Crippen LogP contribution in [-0.2, 0) is 9.63 Å². The smallest absolute Gasteiger partial charge is 0.265 e. The highest BCUT2D eigenvalue weighted by atomic mass is 16.6. The Morgan fingerprint density at radius 2 is 1.96 bits per heavy atom. The minimum Gasteiger partial charge on any atom is -0.493 e. The molecular formula is C20H22N2O6. The minimum absolute atomic E-state index is 0.223. The third kappa shape index (κ3) is 5.06. The maximum absolute atomic E-state index is 12.0. The van der Waals surface area contributed by atoms with Gasteiger partial charge in [0.15, 0.2) is 29.6 Å². The molecule has 0 fully saturated rings. The molecule has 2 aromatic rings. The predicted molar refractivity (Wildman–Crippen MR) is 104 cm³/mol. The molecule has 0 saturated carbocycles. The molecule has 1 aliphatic heterocycles. The van der Waals surface area contributed by atoms with Crippen LogP contribution in [0, 0.1) is 0 Å². The highest BCUT2D eigenvalue weighted by Crippen LogP contribution is 2.32. The molecule has 0 saturated heterocycles. The lowest BCUT2D eigenvalue weighted by Crippen LogP contribution is -2.18. The van der Waals surface area contributed by atoms with Gasteiger partial charge in [0.25, 0.3) is 5.91 Å². The van der Waals surface area contributed by atoms with Crippen molar-refractivity contribution >= 4 is 17.8 Å². The molecular weight excluding hydrogens is 364 g/mol. The average Bonchev–Trinajstić information content (AvgIpc) is 2.72. The molecule has 1 heterocycles. The van der Waals surface area contributed by atoms with Gasteiger partial charge in [-0.2, -0.15) is 0 Å². The van der Waals surface area contributed by atoms with E-state index in [0.29, 0.717) is 48.5 Å². The van der Waals surface area contributed by atoms with Crippen LogP contribution in [0.1, 0.15) is 12.5 Å². The van der Waals surface area contributed by atoms with E-state index >= 15 is 0 Å². The van der Waals surface area contributed by atoms with Crippen molar-refractivity contribution in [3.63, 3.8) is 0 Å². The quantitative estimate of drug-likeness (QED) is 0.554. The Balaban J connectivity index is 1.50. The van der Waals surface area contributed by atoms with Crippen LogP contribution < -0.4 is 24.3 Å². The summed E-state index contributed by atoms with van der Waals surface area (Å²) < 4.78 is 21.7. The fraction of sp³-hybridized carbons (Fsp3) is 0.300. The SMILES string of the molecule is CCOc1ccc(/C=N\OCC(=O)Nc2ccc3c(c2)OCCO3)cc1OC. The summed E-state index contributed by atoms with van der Waals surface area (Å²) in [5.41, 5.74) is 1.35. The molecule has 0 radical (unpaired) electrons. The Morgan fingerprint density at radius 1 is 1.14 bits per heavy atom. The molecule has 0 spiro atoms. The molecule has 1 N–H and O–H groups in total. The highest BCUT2D eigenvalue weighted by molar-refractivity contribution is 5.92. The Hall–Kier alpha value is -3.42. The van der Waals surface area contributed by atoms with Crippen molar-refractivity contribution in [2.45, 2.75) is 6.92 Å². The van der Waals surface area contributed by atoms with Gasteiger partial charge >= 0.3 is 0 Å². The van der Waals surface area contributed by atoms with Gasteiger partial charge in [-0.3, -0.25) is 4.79 Å². The van der Waals surface area contributed by atoms with Gasteiger partial charge in [-0.05, 0) is 37.3 Å². The number of carbonyl (C=O) groups excluding carboxylic acids is 1. The lowest BCUT2D eigenvalue weighted by atomic mass is 10.2. The summed E-state index contributed by atoms with van der Waals surface area (Å²) in [6.07, 6.45) is 1.50. The minimum atomic E-state index is -0.335. The standard InChI is InChI=1S/C20H22N2O6/c1-3-25-16-6-4-14(10-18(16)24-2)12-21-28-13-20(23)22-15-5-7-17-19(11-15)27-9-8-26-17/h4-7,10-12H,3,8-9,13H2,1-2H3,(H,22,23)/b21-12-. The summed E-state index contributed by atoms with van der Waals surface area (Å²) in [5, 5.41) is 6.54. The van der Waals surface area contributed by atoms with Crippen LogP contribution in [0.4, 0.5) is 5.69 Å². The zero-order chi connectivity index (χ0) is 19.8. The molecule has 0 aliphatic carbocycles. The molecule has 0 atom stereocenters. The highest BCUT2D eigenvalue weighted by Gasteiger charge is 2.13. The maximum Gasteiger partial charge on any atom is 0.265 e. The van der Waals surface area contributed by atoms with E-state index in [1.54, 1.807) is 37.4 Å². The Kier molecular flexibility index (Phi) is 6.56. The summed E-state index contributed by atoms with van der Waals surface area (Å²) in [7, 11) is 1.57. The van der Waals surface area contributed by atoms with E-state index < -0.39 is 0 Å². The molecule has 3 rings (SSSR count). The van der Waals surface area contributed by atoms with Crippen LogP contribution in [0.3, 0.4) is 0 Å². The van der Waals surface area contributed by atoms with Crippen molar-refractivity contribution < 1.29 is 28.6 Å². The number of methoxy groups -OCH3 is 1.